The monoisotopic (exact) mass is 866 g/mol. The van der Waals surface area contributed by atoms with Crippen molar-refractivity contribution in [1.82, 2.24) is 0 Å². The highest BCUT2D eigenvalue weighted by molar-refractivity contribution is 7.47. The summed E-state index contributed by atoms with van der Waals surface area (Å²) in [5.74, 6) is -1.79. The van der Waals surface area contributed by atoms with Crippen LogP contribution in [0.5, 0.6) is 0 Å². The van der Waals surface area contributed by atoms with Crippen molar-refractivity contribution in [3.05, 3.63) is 60.8 Å². The van der Waals surface area contributed by atoms with E-state index in [2.05, 4.69) is 74.6 Å². The van der Waals surface area contributed by atoms with Crippen molar-refractivity contribution in [3.63, 3.8) is 0 Å². The average Bonchev–Trinajstić information content (AvgIpc) is 3.23. The minimum atomic E-state index is -4.62. The Morgan fingerprint density at radius 3 is 1.47 bits per heavy atom. The van der Waals surface area contributed by atoms with Crippen LogP contribution in [-0.2, 0) is 32.7 Å². The standard InChI is InChI=1S/C49H88NO9P/c1-3-5-7-9-11-13-15-17-19-20-21-22-23-24-25-26-27-29-31-33-35-37-39-41-48(51)59-46(44-57-60(54,55)58-45-47(50)49(52)53)43-56-42-40-38-36-34-32-30-28-18-16-14-12-10-8-6-4-2/h5,7,11,13,16-19,21-22,46-47H,3-4,6,8-10,12,14-15,20,23-45,50H2,1-2H3,(H,52,53)(H,54,55)/b7-5-,13-11-,18-16-,19-17-,22-21-. The highest BCUT2D eigenvalue weighted by atomic mass is 31.2. The van der Waals surface area contributed by atoms with E-state index in [1.165, 1.54) is 96.3 Å². The van der Waals surface area contributed by atoms with Crippen molar-refractivity contribution in [3.8, 4) is 0 Å². The third-order valence-electron chi connectivity index (χ3n) is 10.0. The molecule has 348 valence electrons. The Morgan fingerprint density at radius 2 is 0.967 bits per heavy atom. The van der Waals surface area contributed by atoms with Gasteiger partial charge < -0.3 is 25.2 Å². The van der Waals surface area contributed by atoms with Gasteiger partial charge in [0.1, 0.15) is 12.1 Å². The first-order valence-corrected chi connectivity index (χ1v) is 25.3. The molecule has 0 spiro atoms. The summed E-state index contributed by atoms with van der Waals surface area (Å²) in [5, 5.41) is 8.91. The van der Waals surface area contributed by atoms with E-state index in [0.29, 0.717) is 13.0 Å². The van der Waals surface area contributed by atoms with Crippen molar-refractivity contribution >= 4 is 19.8 Å². The van der Waals surface area contributed by atoms with Gasteiger partial charge in [0.15, 0.2) is 0 Å². The zero-order chi connectivity index (χ0) is 44.0. The molecule has 0 aromatic carbocycles. The van der Waals surface area contributed by atoms with E-state index in [4.69, 9.17) is 29.4 Å². The molecular weight excluding hydrogens is 778 g/mol. The fraction of sp³-hybridized carbons (Fsp3) is 0.755. The largest absolute Gasteiger partial charge is 0.480 e. The first kappa shape index (κ1) is 57.7. The number of esters is 1. The number of aliphatic carboxylic acids is 1. The van der Waals surface area contributed by atoms with Gasteiger partial charge in [-0.1, -0.05) is 177 Å². The van der Waals surface area contributed by atoms with E-state index in [-0.39, 0.29) is 13.0 Å². The normalized spacial score (nSPS) is 14.3. The van der Waals surface area contributed by atoms with Crippen LogP contribution in [0.25, 0.3) is 0 Å². The molecule has 0 amide bonds. The van der Waals surface area contributed by atoms with E-state index >= 15 is 0 Å². The molecule has 4 N–H and O–H groups in total. The molecule has 0 rings (SSSR count). The lowest BCUT2D eigenvalue weighted by Crippen LogP contribution is -2.34. The van der Waals surface area contributed by atoms with E-state index in [0.717, 1.165) is 77.0 Å². The topological polar surface area (TPSA) is 155 Å². The number of hydrogen-bond acceptors (Lipinski definition) is 8. The summed E-state index contributed by atoms with van der Waals surface area (Å²) in [6, 6.07) is -1.48. The number of hydrogen-bond donors (Lipinski definition) is 3. The van der Waals surface area contributed by atoms with Gasteiger partial charge in [-0.2, -0.15) is 0 Å². The second-order valence-corrected chi connectivity index (χ2v) is 17.3. The number of phosphoric ester groups is 1. The smallest absolute Gasteiger partial charge is 0.472 e. The number of carbonyl (C=O) groups is 2. The Labute approximate surface area is 366 Å². The van der Waals surface area contributed by atoms with E-state index in [9.17, 15) is 19.0 Å². The van der Waals surface area contributed by atoms with Gasteiger partial charge in [-0.3, -0.25) is 18.6 Å². The van der Waals surface area contributed by atoms with Crippen LogP contribution in [0.1, 0.15) is 200 Å². The third kappa shape index (κ3) is 43.7. The molecule has 3 atom stereocenters. The van der Waals surface area contributed by atoms with Crippen LogP contribution in [0, 0.1) is 0 Å². The molecule has 3 unspecified atom stereocenters. The summed E-state index contributed by atoms with van der Waals surface area (Å²) in [6.07, 6.45) is 54.1. The molecule has 0 bridgehead atoms. The second-order valence-electron chi connectivity index (χ2n) is 15.9. The molecule has 0 aliphatic carbocycles. The van der Waals surface area contributed by atoms with Crippen LogP contribution in [-0.4, -0.2) is 60.5 Å². The Hall–Kier alpha value is -2.33. The lowest BCUT2D eigenvalue weighted by molar-refractivity contribution is -0.154. The Kier molecular flexibility index (Phi) is 43.0. The summed E-state index contributed by atoms with van der Waals surface area (Å²) in [4.78, 5) is 33.6. The van der Waals surface area contributed by atoms with Crippen molar-refractivity contribution in [1.29, 1.82) is 0 Å². The molecule has 10 nitrogen and oxygen atoms in total. The number of unbranched alkanes of at least 4 members (excludes halogenated alkanes) is 21. The minimum absolute atomic E-state index is 0.00967. The number of carboxylic acid groups (broad SMARTS) is 1. The van der Waals surface area contributed by atoms with Crippen LogP contribution >= 0.6 is 7.82 Å². The van der Waals surface area contributed by atoms with Gasteiger partial charge in [-0.15, -0.1) is 0 Å². The van der Waals surface area contributed by atoms with Crippen LogP contribution in [0.2, 0.25) is 0 Å². The molecule has 0 saturated heterocycles. The average molecular weight is 866 g/mol. The maximum absolute atomic E-state index is 12.7. The molecule has 60 heavy (non-hydrogen) atoms. The first-order valence-electron chi connectivity index (χ1n) is 23.8. The van der Waals surface area contributed by atoms with Crippen LogP contribution in [0.15, 0.2) is 60.8 Å². The Bertz CT molecular complexity index is 1190. The van der Waals surface area contributed by atoms with Gasteiger partial charge in [0.2, 0.25) is 0 Å². The molecule has 0 aliphatic rings. The predicted octanol–water partition coefficient (Wildman–Crippen LogP) is 13.6. The summed E-state index contributed by atoms with van der Waals surface area (Å²) in [5.41, 5.74) is 5.36. The fourth-order valence-corrected chi connectivity index (χ4v) is 7.13. The zero-order valence-electron chi connectivity index (χ0n) is 38.0. The number of carboxylic acids is 1. The number of phosphoric acid groups is 1. The molecular formula is C49H88NO9P. The van der Waals surface area contributed by atoms with Crippen LogP contribution in [0.3, 0.4) is 0 Å². The van der Waals surface area contributed by atoms with Gasteiger partial charge >= 0.3 is 19.8 Å². The van der Waals surface area contributed by atoms with Gasteiger partial charge in [0.25, 0.3) is 0 Å². The first-order chi connectivity index (χ1) is 29.2. The quantitative estimate of drug-likeness (QED) is 0.0233. The molecule has 0 aliphatic heterocycles. The van der Waals surface area contributed by atoms with Crippen molar-refractivity contribution < 1.29 is 42.7 Å². The number of allylic oxidation sites excluding steroid dienone is 10. The number of nitrogens with two attached hydrogens (primary N) is 1. The molecule has 0 aromatic heterocycles. The van der Waals surface area contributed by atoms with Gasteiger partial charge in [-0.05, 0) is 77.0 Å². The number of rotatable bonds is 45. The highest BCUT2D eigenvalue weighted by Crippen LogP contribution is 2.43. The van der Waals surface area contributed by atoms with Crippen LogP contribution in [0.4, 0.5) is 0 Å². The molecule has 0 heterocycles. The highest BCUT2D eigenvalue weighted by Gasteiger charge is 2.27. The van der Waals surface area contributed by atoms with E-state index < -0.39 is 45.1 Å². The second kappa shape index (κ2) is 44.7. The summed E-state index contributed by atoms with van der Waals surface area (Å²) in [7, 11) is -4.62. The van der Waals surface area contributed by atoms with Gasteiger partial charge in [0, 0.05) is 13.0 Å². The molecule has 0 aromatic rings. The van der Waals surface area contributed by atoms with Gasteiger partial charge in [0.05, 0.1) is 19.8 Å². The number of carbonyl (C=O) groups excluding carboxylic acids is 1. The Balaban J connectivity index is 4.18. The fourth-order valence-electron chi connectivity index (χ4n) is 6.35. The zero-order valence-corrected chi connectivity index (χ0v) is 38.9. The van der Waals surface area contributed by atoms with Crippen LogP contribution < -0.4 is 5.73 Å². The summed E-state index contributed by atoms with van der Waals surface area (Å²) in [6.45, 7) is 3.75. The van der Waals surface area contributed by atoms with Gasteiger partial charge in [-0.25, -0.2) is 4.57 Å². The predicted molar refractivity (Wildman–Crippen MR) is 249 cm³/mol. The maximum Gasteiger partial charge on any atom is 0.472 e. The molecule has 0 fully saturated rings. The van der Waals surface area contributed by atoms with Crippen molar-refractivity contribution in [2.24, 2.45) is 5.73 Å². The summed E-state index contributed by atoms with van der Waals surface area (Å²) >= 11 is 0. The lowest BCUT2D eigenvalue weighted by Gasteiger charge is -2.20. The maximum atomic E-state index is 12.7. The van der Waals surface area contributed by atoms with E-state index in [1.807, 2.05) is 0 Å². The minimum Gasteiger partial charge on any atom is -0.480 e. The van der Waals surface area contributed by atoms with Crippen molar-refractivity contribution in [2.75, 3.05) is 26.4 Å². The SMILES string of the molecule is CC/C=C\C/C=C\C/C=C\C/C=C\CCCCCCCCCCCCC(=O)OC(COCCCCCCCC/C=C\CCCCCCC)COP(=O)(O)OCC(N)C(=O)O. The van der Waals surface area contributed by atoms with Crippen molar-refractivity contribution in [2.45, 2.75) is 212 Å². The molecule has 11 heteroatoms. The third-order valence-corrected chi connectivity index (χ3v) is 11.0. The number of ether oxygens (including phenoxy) is 2. The molecule has 0 saturated carbocycles. The lowest BCUT2D eigenvalue weighted by atomic mass is 10.0. The Morgan fingerprint density at radius 1 is 0.550 bits per heavy atom. The summed E-state index contributed by atoms with van der Waals surface area (Å²) < 4.78 is 33.4. The molecule has 0 radical (unpaired) electrons. The van der Waals surface area contributed by atoms with E-state index in [1.54, 1.807) is 0 Å².